The number of hydrogen-bond acceptors (Lipinski definition) is 3. The van der Waals surface area contributed by atoms with Gasteiger partial charge in [0.25, 0.3) is 0 Å². The van der Waals surface area contributed by atoms with Crippen LogP contribution in [-0.4, -0.2) is 28.9 Å². The van der Waals surface area contributed by atoms with Crippen molar-refractivity contribution in [3.05, 3.63) is 35.9 Å². The van der Waals surface area contributed by atoms with Crippen molar-refractivity contribution in [1.82, 2.24) is 10.6 Å². The van der Waals surface area contributed by atoms with Gasteiger partial charge in [0.2, 0.25) is 11.8 Å². The maximum absolute atomic E-state index is 12.1. The van der Waals surface area contributed by atoms with Crippen molar-refractivity contribution in [3.8, 4) is 0 Å². The van der Waals surface area contributed by atoms with Crippen molar-refractivity contribution in [2.24, 2.45) is 5.92 Å². The topological polar surface area (TPSA) is 95.5 Å². The van der Waals surface area contributed by atoms with Crippen molar-refractivity contribution in [3.63, 3.8) is 0 Å². The fourth-order valence-electron chi connectivity index (χ4n) is 3.46. The smallest absolute Gasteiger partial charge is 0.326 e. The molecule has 0 aliphatic heterocycles. The molecule has 0 saturated heterocycles. The molecule has 1 aliphatic rings. The lowest BCUT2D eigenvalue weighted by Crippen LogP contribution is -2.46. The van der Waals surface area contributed by atoms with E-state index in [2.05, 4.69) is 10.6 Å². The van der Waals surface area contributed by atoms with Gasteiger partial charge in [0.15, 0.2) is 0 Å². The number of carbonyl (C=O) groups excluding carboxylic acids is 2. The van der Waals surface area contributed by atoms with E-state index in [4.69, 9.17) is 0 Å². The van der Waals surface area contributed by atoms with Crippen molar-refractivity contribution >= 4 is 17.8 Å². The van der Waals surface area contributed by atoms with E-state index in [1.165, 1.54) is 0 Å². The van der Waals surface area contributed by atoms with Gasteiger partial charge in [-0.1, -0.05) is 49.6 Å². The molecule has 1 fully saturated rings. The molecule has 2 atom stereocenters. The molecule has 1 saturated carbocycles. The minimum atomic E-state index is -0.993. The Morgan fingerprint density at radius 2 is 1.58 bits per heavy atom. The van der Waals surface area contributed by atoms with Gasteiger partial charge in [0.1, 0.15) is 6.04 Å². The van der Waals surface area contributed by atoms with Crippen LogP contribution in [0.2, 0.25) is 0 Å². The molecule has 3 N–H and O–H groups in total. The zero-order valence-electron chi connectivity index (χ0n) is 15.2. The zero-order chi connectivity index (χ0) is 18.9. The van der Waals surface area contributed by atoms with Crippen LogP contribution < -0.4 is 10.6 Å². The van der Waals surface area contributed by atoms with Gasteiger partial charge in [-0.05, 0) is 31.2 Å². The lowest BCUT2D eigenvalue weighted by atomic mass is 9.84. The lowest BCUT2D eigenvalue weighted by molar-refractivity contribution is -0.143. The first kappa shape index (κ1) is 19.9. The fraction of sp³-hybridized carbons (Fsp3) is 0.550. The van der Waals surface area contributed by atoms with E-state index in [-0.39, 0.29) is 36.6 Å². The number of benzene rings is 1. The molecule has 0 radical (unpaired) electrons. The van der Waals surface area contributed by atoms with Crippen LogP contribution >= 0.6 is 0 Å². The molecule has 0 bridgehead atoms. The van der Waals surface area contributed by atoms with Crippen LogP contribution in [0, 0.1) is 5.92 Å². The molecule has 6 heteroatoms. The zero-order valence-corrected chi connectivity index (χ0v) is 15.2. The van der Waals surface area contributed by atoms with Crippen LogP contribution in [0.1, 0.15) is 63.5 Å². The van der Waals surface area contributed by atoms with E-state index in [1.807, 2.05) is 37.3 Å². The monoisotopic (exact) mass is 360 g/mol. The molecule has 1 aromatic rings. The molecule has 0 spiro atoms. The second-order valence-electron chi connectivity index (χ2n) is 6.98. The Labute approximate surface area is 154 Å². The predicted molar refractivity (Wildman–Crippen MR) is 98.4 cm³/mol. The first-order valence-electron chi connectivity index (χ1n) is 9.34. The highest BCUT2D eigenvalue weighted by molar-refractivity contribution is 5.87. The van der Waals surface area contributed by atoms with Gasteiger partial charge in [-0.15, -0.1) is 0 Å². The van der Waals surface area contributed by atoms with Gasteiger partial charge in [0, 0.05) is 12.8 Å². The molecule has 0 aromatic heterocycles. The Balaban J connectivity index is 1.77. The molecule has 2 rings (SSSR count). The SMILES string of the molecule is C[C@@H](NC(=O)CCC(=O)N[C@@H](C(=O)O)C1CCCCC1)c1ccccc1. The Morgan fingerprint density at radius 1 is 1.00 bits per heavy atom. The summed E-state index contributed by atoms with van der Waals surface area (Å²) in [5, 5.41) is 14.9. The second kappa shape index (κ2) is 9.94. The number of aliphatic carboxylic acids is 1. The summed E-state index contributed by atoms with van der Waals surface area (Å²) in [6, 6.07) is 8.59. The summed E-state index contributed by atoms with van der Waals surface area (Å²) >= 11 is 0. The van der Waals surface area contributed by atoms with Crippen molar-refractivity contribution < 1.29 is 19.5 Å². The van der Waals surface area contributed by atoms with Crippen molar-refractivity contribution in [1.29, 1.82) is 0 Å². The van der Waals surface area contributed by atoms with Crippen LogP contribution in [0.4, 0.5) is 0 Å². The largest absolute Gasteiger partial charge is 0.480 e. The summed E-state index contributed by atoms with van der Waals surface area (Å²) in [5.74, 6) is -1.61. The van der Waals surface area contributed by atoms with Crippen molar-refractivity contribution in [2.45, 2.75) is 64.0 Å². The number of amides is 2. The third-order valence-electron chi connectivity index (χ3n) is 4.96. The number of carbonyl (C=O) groups is 3. The highest BCUT2D eigenvalue weighted by atomic mass is 16.4. The molecule has 26 heavy (non-hydrogen) atoms. The number of nitrogens with one attached hydrogen (secondary N) is 2. The van der Waals surface area contributed by atoms with Gasteiger partial charge in [0.05, 0.1) is 6.04 Å². The summed E-state index contributed by atoms with van der Waals surface area (Å²) in [5.41, 5.74) is 0.994. The third kappa shape index (κ3) is 6.17. The molecular weight excluding hydrogens is 332 g/mol. The Bertz CT molecular complexity index is 611. The number of carboxylic acids is 1. The average molecular weight is 360 g/mol. The normalized spacial score (nSPS) is 17.1. The average Bonchev–Trinajstić information content (AvgIpc) is 2.65. The summed E-state index contributed by atoms with van der Waals surface area (Å²) in [6.07, 6.45) is 4.81. The predicted octanol–water partition coefficient (Wildman–Crippen LogP) is 2.79. The van der Waals surface area contributed by atoms with Gasteiger partial charge in [-0.25, -0.2) is 4.79 Å². The molecule has 2 amide bonds. The van der Waals surface area contributed by atoms with E-state index in [0.717, 1.165) is 37.7 Å². The highest BCUT2D eigenvalue weighted by Gasteiger charge is 2.30. The molecule has 142 valence electrons. The summed E-state index contributed by atoms with van der Waals surface area (Å²) < 4.78 is 0. The maximum atomic E-state index is 12.1. The number of carboxylic acid groups (broad SMARTS) is 1. The summed E-state index contributed by atoms with van der Waals surface area (Å²) in [6.45, 7) is 1.89. The van der Waals surface area contributed by atoms with Crippen LogP contribution in [-0.2, 0) is 14.4 Å². The van der Waals surface area contributed by atoms with Crippen LogP contribution in [0.25, 0.3) is 0 Å². The van der Waals surface area contributed by atoms with E-state index in [0.29, 0.717) is 0 Å². The molecule has 1 aromatic carbocycles. The summed E-state index contributed by atoms with van der Waals surface area (Å²) in [4.78, 5) is 35.6. The Hall–Kier alpha value is -2.37. The minimum Gasteiger partial charge on any atom is -0.480 e. The van der Waals surface area contributed by atoms with Gasteiger partial charge < -0.3 is 15.7 Å². The van der Waals surface area contributed by atoms with Gasteiger partial charge in [-0.2, -0.15) is 0 Å². The number of rotatable bonds is 8. The Morgan fingerprint density at radius 3 is 2.15 bits per heavy atom. The van der Waals surface area contributed by atoms with E-state index >= 15 is 0 Å². The molecule has 0 unspecified atom stereocenters. The standard InChI is InChI=1S/C20H28N2O4/c1-14(15-8-4-2-5-9-15)21-17(23)12-13-18(24)22-19(20(25)26)16-10-6-3-7-11-16/h2,4-5,8-9,14,16,19H,3,6-7,10-13H2,1H3,(H,21,23)(H,22,24)(H,25,26)/t14-,19-/m1/s1. The highest BCUT2D eigenvalue weighted by Crippen LogP contribution is 2.26. The van der Waals surface area contributed by atoms with Crippen LogP contribution in [0.3, 0.4) is 0 Å². The van der Waals surface area contributed by atoms with Crippen LogP contribution in [0.5, 0.6) is 0 Å². The molecule has 0 heterocycles. The second-order valence-corrected chi connectivity index (χ2v) is 6.98. The quantitative estimate of drug-likeness (QED) is 0.664. The van der Waals surface area contributed by atoms with E-state index in [9.17, 15) is 19.5 Å². The third-order valence-corrected chi connectivity index (χ3v) is 4.96. The van der Waals surface area contributed by atoms with E-state index in [1.54, 1.807) is 0 Å². The first-order chi connectivity index (χ1) is 12.5. The lowest BCUT2D eigenvalue weighted by Gasteiger charge is -2.28. The molecular formula is C20H28N2O4. The molecule has 6 nitrogen and oxygen atoms in total. The minimum absolute atomic E-state index is 0.0101. The Kier molecular flexibility index (Phi) is 7.63. The summed E-state index contributed by atoms with van der Waals surface area (Å²) in [7, 11) is 0. The van der Waals surface area contributed by atoms with Crippen molar-refractivity contribution in [2.75, 3.05) is 0 Å². The maximum Gasteiger partial charge on any atom is 0.326 e. The first-order valence-corrected chi connectivity index (χ1v) is 9.34. The molecule has 1 aliphatic carbocycles. The van der Waals surface area contributed by atoms with Gasteiger partial charge >= 0.3 is 5.97 Å². The van der Waals surface area contributed by atoms with E-state index < -0.39 is 12.0 Å². The van der Waals surface area contributed by atoms with Crippen LogP contribution in [0.15, 0.2) is 30.3 Å². The number of hydrogen-bond donors (Lipinski definition) is 3. The fourth-order valence-corrected chi connectivity index (χ4v) is 3.46. The van der Waals surface area contributed by atoms with Gasteiger partial charge in [-0.3, -0.25) is 9.59 Å².